The third kappa shape index (κ3) is 5.31. The molecule has 70 heavy (non-hydrogen) atoms. The van der Waals surface area contributed by atoms with Gasteiger partial charge >= 0.3 is 0 Å². The highest BCUT2D eigenvalue weighted by molar-refractivity contribution is 6.29. The molecule has 0 saturated carbocycles. The van der Waals surface area contributed by atoms with E-state index in [1.807, 2.05) is 84.9 Å². The van der Waals surface area contributed by atoms with Crippen molar-refractivity contribution in [3.63, 3.8) is 0 Å². The number of hydrogen-bond acceptors (Lipinski definition) is 2. The van der Waals surface area contributed by atoms with E-state index >= 15 is 0 Å². The lowest BCUT2D eigenvalue weighted by Crippen LogP contribution is -1.96. The predicted octanol–water partition coefficient (Wildman–Crippen LogP) is 18.3. The lowest BCUT2D eigenvalue weighted by molar-refractivity contribution is 1.43. The van der Waals surface area contributed by atoms with Gasteiger partial charge in [0.05, 0.1) is 24.3 Å². The third-order valence-corrected chi connectivity index (χ3v) is 14.9. The molecule has 316 valence electrons. The topological polar surface area (TPSA) is 56.3 Å². The van der Waals surface area contributed by atoms with Crippen LogP contribution in [0.5, 0.6) is 0 Å². The molecule has 0 saturated heterocycles. The number of hydrogen-bond donors (Lipinski definition) is 0. The molecule has 0 aromatic heterocycles. The van der Waals surface area contributed by atoms with Crippen molar-refractivity contribution in [3.05, 3.63) is 228 Å². The molecule has 12 aromatic rings. The fourth-order valence-corrected chi connectivity index (χ4v) is 11.8. The molecule has 0 aliphatic heterocycles. The van der Waals surface area contributed by atoms with E-state index in [0.29, 0.717) is 39.2 Å². The normalized spacial score (nSPS) is 11.7. The zero-order chi connectivity index (χ0) is 46.8. The van der Waals surface area contributed by atoms with Gasteiger partial charge in [0.15, 0.2) is 0 Å². The molecule has 0 radical (unpaired) electrons. The molecule has 0 bridgehead atoms. The van der Waals surface area contributed by atoms with Gasteiger partial charge in [-0.05, 0) is 168 Å². The van der Waals surface area contributed by atoms with Crippen molar-refractivity contribution in [2.45, 2.75) is 0 Å². The Kier molecular flexibility index (Phi) is 8.21. The van der Waals surface area contributed by atoms with E-state index < -0.39 is 0 Å². The third-order valence-electron chi connectivity index (χ3n) is 14.9. The minimum Gasteiger partial charge on any atom is -0.249 e. The second-order valence-corrected chi connectivity index (χ2v) is 18.2. The summed E-state index contributed by atoms with van der Waals surface area (Å²) in [6.45, 7) is 17.2. The molecule has 0 spiro atoms. The monoisotopic (exact) mass is 880 g/mol. The van der Waals surface area contributed by atoms with Crippen LogP contribution in [0.15, 0.2) is 194 Å². The summed E-state index contributed by atoms with van der Waals surface area (Å²) < 4.78 is 0. The number of benzene rings is 12. The summed E-state index contributed by atoms with van der Waals surface area (Å²) in [6.07, 6.45) is 0. The van der Waals surface area contributed by atoms with Gasteiger partial charge in [0.1, 0.15) is 12.1 Å². The summed E-state index contributed by atoms with van der Waals surface area (Å²) in [5, 5.41) is 32.6. The molecule has 4 nitrogen and oxygen atoms in total. The zero-order valence-electron chi connectivity index (χ0n) is 37.3. The first-order valence-electron chi connectivity index (χ1n) is 23.2. The van der Waals surface area contributed by atoms with Gasteiger partial charge in [-0.25, -0.2) is 9.69 Å². The summed E-state index contributed by atoms with van der Waals surface area (Å²) in [7, 11) is 0. The first kappa shape index (κ1) is 39.1. The van der Waals surface area contributed by atoms with E-state index in [2.05, 4.69) is 131 Å². The van der Waals surface area contributed by atoms with Crippen molar-refractivity contribution in [1.82, 2.24) is 0 Å². The van der Waals surface area contributed by atoms with Crippen molar-refractivity contribution in [3.8, 4) is 101 Å². The van der Waals surface area contributed by atoms with Crippen LogP contribution in [0.2, 0.25) is 0 Å². The standard InChI is InChI=1S/C66H32N4/c1-69-65-42(38-15-7-4-8-16-38)26-28-48(66(65)70-2)54-34-60-57(59-33-53-47-24-12-20-40-18-10-22-45(64(40)47)51(53)31-56(54)59)29-49(43-27-25-41(37-13-5-3-6-14-37)61(35-67)62(43)36-68)55-30-50-44-21-9-17-39-19-11-23-46(63(39)44)52(50)32-58(55)60/h3-34H. The second kappa shape index (κ2) is 14.7. The molecule has 0 N–H and O–H groups in total. The first-order chi connectivity index (χ1) is 34.6. The summed E-state index contributed by atoms with van der Waals surface area (Å²) in [5.41, 5.74) is 16.7. The summed E-state index contributed by atoms with van der Waals surface area (Å²) in [6, 6.07) is 72.2. The maximum atomic E-state index is 11.2. The minimum atomic E-state index is 0.313. The van der Waals surface area contributed by atoms with Gasteiger partial charge in [0, 0.05) is 11.1 Å². The second-order valence-electron chi connectivity index (χ2n) is 18.2. The van der Waals surface area contributed by atoms with Crippen molar-refractivity contribution in [1.29, 1.82) is 10.5 Å². The van der Waals surface area contributed by atoms with E-state index in [-0.39, 0.29) is 0 Å². The highest BCUT2D eigenvalue weighted by Crippen LogP contribution is 2.56. The Morgan fingerprint density at radius 3 is 1.09 bits per heavy atom. The Hall–Kier alpha value is -10.1. The molecule has 0 amide bonds. The number of nitriles is 2. The van der Waals surface area contributed by atoms with E-state index in [9.17, 15) is 10.5 Å². The zero-order valence-corrected chi connectivity index (χ0v) is 37.3. The van der Waals surface area contributed by atoms with Crippen LogP contribution in [-0.4, -0.2) is 0 Å². The first-order valence-corrected chi connectivity index (χ1v) is 23.2. The summed E-state index contributed by atoms with van der Waals surface area (Å²) >= 11 is 0. The smallest absolute Gasteiger partial charge is 0.202 e. The molecular weight excluding hydrogens is 849 g/mol. The van der Waals surface area contributed by atoms with Crippen LogP contribution in [0.3, 0.4) is 0 Å². The highest BCUT2D eigenvalue weighted by atomic mass is 14.8. The van der Waals surface area contributed by atoms with Gasteiger partial charge in [-0.2, -0.15) is 10.5 Å². The average molecular weight is 881 g/mol. The van der Waals surface area contributed by atoms with Gasteiger partial charge in [-0.1, -0.05) is 158 Å². The van der Waals surface area contributed by atoms with Crippen LogP contribution in [0, 0.1) is 35.8 Å². The van der Waals surface area contributed by atoms with Crippen LogP contribution in [0.4, 0.5) is 11.4 Å². The highest BCUT2D eigenvalue weighted by Gasteiger charge is 2.29. The van der Waals surface area contributed by atoms with Crippen LogP contribution in [-0.2, 0) is 0 Å². The van der Waals surface area contributed by atoms with E-state index in [4.69, 9.17) is 13.1 Å². The Bertz CT molecular complexity index is 4250. The Morgan fingerprint density at radius 1 is 0.286 bits per heavy atom. The quantitative estimate of drug-likeness (QED) is 0.131. The van der Waals surface area contributed by atoms with Crippen molar-refractivity contribution < 1.29 is 0 Å². The van der Waals surface area contributed by atoms with Crippen LogP contribution < -0.4 is 0 Å². The molecule has 2 aliphatic carbocycles. The van der Waals surface area contributed by atoms with E-state index in [1.54, 1.807) is 0 Å². The van der Waals surface area contributed by atoms with Crippen LogP contribution in [0.25, 0.3) is 153 Å². The fraction of sp³-hybridized carbons (Fsp3) is 0. The number of nitrogens with zero attached hydrogens (tertiary/aromatic N) is 4. The van der Waals surface area contributed by atoms with Crippen molar-refractivity contribution in [2.75, 3.05) is 0 Å². The van der Waals surface area contributed by atoms with E-state index in [1.165, 1.54) is 32.7 Å². The van der Waals surface area contributed by atoms with Gasteiger partial charge in [0.25, 0.3) is 0 Å². The molecule has 0 fully saturated rings. The lowest BCUT2D eigenvalue weighted by atomic mass is 9.82. The molecule has 4 heteroatoms. The molecular formula is C66H32N4. The van der Waals surface area contributed by atoms with Gasteiger partial charge in [-0.3, -0.25) is 0 Å². The largest absolute Gasteiger partial charge is 0.249 e. The lowest BCUT2D eigenvalue weighted by Gasteiger charge is -2.20. The number of fused-ring (bicyclic) bond motifs is 11. The van der Waals surface area contributed by atoms with Crippen molar-refractivity contribution in [2.24, 2.45) is 0 Å². The van der Waals surface area contributed by atoms with Crippen LogP contribution in [0.1, 0.15) is 11.1 Å². The molecule has 0 atom stereocenters. The maximum absolute atomic E-state index is 11.2. The SMILES string of the molecule is [C-]#[N+]c1c(-c2ccccc2)ccc(-c2cc3c4cc5c(cc4c(-c4ccc(-c6ccccc6)c(C#N)c4C#N)cc3c3cc4c(cc23)-c2cccc3cccc-4c23)-c2cccc3cccc-5c23)c1[N+]#[C-]. The molecule has 12 aromatic carbocycles. The molecule has 0 heterocycles. The maximum Gasteiger partial charge on any atom is 0.202 e. The molecule has 2 aliphatic rings. The Morgan fingerprint density at radius 2 is 0.629 bits per heavy atom. The van der Waals surface area contributed by atoms with Gasteiger partial charge in [-0.15, -0.1) is 0 Å². The van der Waals surface area contributed by atoms with E-state index in [0.717, 1.165) is 93.5 Å². The molecule has 0 unspecified atom stereocenters. The molecule has 14 rings (SSSR count). The Labute approximate surface area is 403 Å². The Balaban J connectivity index is 1.16. The van der Waals surface area contributed by atoms with Crippen LogP contribution >= 0.6 is 0 Å². The fourth-order valence-electron chi connectivity index (χ4n) is 11.8. The average Bonchev–Trinajstić information content (AvgIpc) is 3.91. The predicted molar refractivity (Wildman–Crippen MR) is 287 cm³/mol. The summed E-state index contributed by atoms with van der Waals surface area (Å²) in [4.78, 5) is 8.25. The van der Waals surface area contributed by atoms with Gasteiger partial charge in [0.2, 0.25) is 11.4 Å². The number of rotatable bonds is 4. The van der Waals surface area contributed by atoms with Crippen molar-refractivity contribution >= 4 is 65.2 Å². The summed E-state index contributed by atoms with van der Waals surface area (Å²) in [5.74, 6) is 0. The van der Waals surface area contributed by atoms with Gasteiger partial charge < -0.3 is 0 Å². The minimum absolute atomic E-state index is 0.313.